The molecule has 2 aliphatic rings. The van der Waals surface area contributed by atoms with E-state index in [9.17, 15) is 18.8 Å². The van der Waals surface area contributed by atoms with Crippen molar-refractivity contribution in [3.05, 3.63) is 122 Å². The van der Waals surface area contributed by atoms with Crippen LogP contribution in [0.5, 0.6) is 0 Å². The molecule has 2 heterocycles. The minimum Gasteiger partial charge on any atom is -0.445 e. The number of aliphatic hydroxyl groups excluding tert-OH is 1. The van der Waals surface area contributed by atoms with Crippen LogP contribution in [0.4, 0.5) is 14.9 Å². The van der Waals surface area contributed by atoms with Crippen LogP contribution in [0, 0.1) is 11.7 Å². The number of pyridine rings is 1. The Balaban J connectivity index is 0.000000403. The maximum atomic E-state index is 13.7. The molecule has 0 bridgehead atoms. The number of aliphatic hydroxyl groups is 1. The van der Waals surface area contributed by atoms with Crippen molar-refractivity contribution >= 4 is 41.0 Å². The average Bonchev–Trinajstić information content (AvgIpc) is 3.39. The van der Waals surface area contributed by atoms with Crippen LogP contribution in [-0.4, -0.2) is 74.5 Å². The van der Waals surface area contributed by atoms with Crippen LogP contribution in [0.25, 0.3) is 0 Å². The first-order valence-corrected chi connectivity index (χ1v) is 17.3. The molecule has 3 amide bonds. The summed E-state index contributed by atoms with van der Waals surface area (Å²) in [5.74, 6) is -0.448. The van der Waals surface area contributed by atoms with E-state index in [4.69, 9.17) is 9.84 Å². The molecule has 0 saturated carbocycles. The number of aliphatic imine (C=N–C) groups is 1. The third kappa shape index (κ3) is 14.8. The van der Waals surface area contributed by atoms with Gasteiger partial charge in [-0.05, 0) is 69.9 Å². The van der Waals surface area contributed by atoms with Crippen molar-refractivity contribution in [3.63, 3.8) is 0 Å². The third-order valence-electron chi connectivity index (χ3n) is 7.14. The Hall–Kier alpha value is -4.81. The lowest BCUT2D eigenvalue weighted by Gasteiger charge is -2.21. The van der Waals surface area contributed by atoms with Crippen molar-refractivity contribution < 1.29 is 28.6 Å². The van der Waals surface area contributed by atoms with E-state index in [0.29, 0.717) is 42.3 Å². The molecular formula is C38H48FN5O5S. The number of carbonyl (C=O) groups excluding carboxylic acids is 3. The first kappa shape index (κ1) is 41.4. The van der Waals surface area contributed by atoms with Gasteiger partial charge in [-0.15, -0.1) is 0 Å². The number of benzene rings is 1. The second kappa shape index (κ2) is 23.5. The number of nitrogens with one attached hydrogen (secondary N) is 1. The van der Waals surface area contributed by atoms with Gasteiger partial charge >= 0.3 is 6.09 Å². The van der Waals surface area contributed by atoms with E-state index in [-0.39, 0.29) is 42.1 Å². The molecule has 10 nitrogen and oxygen atoms in total. The molecule has 268 valence electrons. The van der Waals surface area contributed by atoms with Crippen LogP contribution >= 0.6 is 11.8 Å². The van der Waals surface area contributed by atoms with Gasteiger partial charge in [0, 0.05) is 30.9 Å². The van der Waals surface area contributed by atoms with Gasteiger partial charge in [0.05, 0.1) is 29.8 Å². The molecule has 1 aromatic heterocycles. The standard InChI is InChI=1S/C24H23FN4O2S.C10H19NO3.C4H6/c25-19-7-3-5-17(13-19)15-29-23(31)22(32-24(29)28-21-9-4-12-26-14-21)18-6-1-2-8-20(11-10-18)27-16-30;1-4-6-7-14-10(13)11(5-2)8-9(3)12;1-3-4-2/h1,3-7,9,11-14,16,18,22H,2,8,10,15H2,(H,27,30);4,6,9,12H,5,7-8H2,1-3H3;3-4H,1-2H2/b6-1-,20-11+,28-24?;6-4+;. The van der Waals surface area contributed by atoms with E-state index in [1.165, 1.54) is 28.8 Å². The van der Waals surface area contributed by atoms with E-state index in [2.05, 4.69) is 40.6 Å². The number of nitrogens with zero attached hydrogens (tertiary/aromatic N) is 4. The van der Waals surface area contributed by atoms with Crippen LogP contribution in [0.15, 0.2) is 115 Å². The van der Waals surface area contributed by atoms with Crippen molar-refractivity contribution in [2.45, 2.75) is 57.9 Å². The van der Waals surface area contributed by atoms with Gasteiger partial charge in [-0.1, -0.05) is 79.6 Å². The predicted molar refractivity (Wildman–Crippen MR) is 199 cm³/mol. The second-order valence-corrected chi connectivity index (χ2v) is 12.2. The Morgan fingerprint density at radius 2 is 2.08 bits per heavy atom. The number of hydrogen-bond acceptors (Lipinski definition) is 8. The van der Waals surface area contributed by atoms with E-state index in [1.54, 1.807) is 60.6 Å². The largest absolute Gasteiger partial charge is 0.445 e. The zero-order valence-electron chi connectivity index (χ0n) is 29.0. The Kier molecular flexibility index (Phi) is 19.5. The number of halogens is 1. The normalized spacial score (nSPS) is 20.0. The number of likely N-dealkylation sites (N-methyl/N-ethyl adjacent to an activating group) is 1. The molecule has 3 atom stereocenters. The number of allylic oxidation sites excluding steroid dienone is 7. The van der Waals surface area contributed by atoms with E-state index >= 15 is 0 Å². The number of thioether (sulfide) groups is 1. The molecule has 4 rings (SSSR count). The summed E-state index contributed by atoms with van der Waals surface area (Å²) in [5.41, 5.74) is 2.22. The van der Waals surface area contributed by atoms with Crippen molar-refractivity contribution in [1.29, 1.82) is 0 Å². The smallest absolute Gasteiger partial charge is 0.410 e. The number of rotatable bonds is 12. The first-order chi connectivity index (χ1) is 24.2. The Bertz CT molecular complexity index is 1510. The zero-order chi connectivity index (χ0) is 36.7. The molecule has 12 heteroatoms. The Labute approximate surface area is 299 Å². The number of amidine groups is 1. The highest BCUT2D eigenvalue weighted by Gasteiger charge is 2.41. The number of hydrogen-bond donors (Lipinski definition) is 2. The van der Waals surface area contributed by atoms with Gasteiger partial charge in [0.25, 0.3) is 0 Å². The zero-order valence-corrected chi connectivity index (χ0v) is 29.8. The highest BCUT2D eigenvalue weighted by atomic mass is 32.2. The maximum absolute atomic E-state index is 13.7. The molecule has 50 heavy (non-hydrogen) atoms. The monoisotopic (exact) mass is 705 g/mol. The van der Waals surface area contributed by atoms with Gasteiger partial charge in [0.2, 0.25) is 12.3 Å². The summed E-state index contributed by atoms with van der Waals surface area (Å²) in [6.45, 7) is 13.4. The summed E-state index contributed by atoms with van der Waals surface area (Å²) >= 11 is 1.42. The van der Waals surface area contributed by atoms with Gasteiger partial charge in [-0.25, -0.2) is 14.2 Å². The SMILES string of the molecule is C/C=C/COC(=O)N(CC)CC(C)O.C=CC=C.O=CN/C1=C/CC(C2SC(=Nc3cccnc3)N(Cc3cccc(F)c3)C2=O)/C=C\CC1. The summed E-state index contributed by atoms with van der Waals surface area (Å²) < 4.78 is 18.7. The number of amides is 3. The molecule has 1 aliphatic carbocycles. The fourth-order valence-corrected chi connectivity index (χ4v) is 5.96. The van der Waals surface area contributed by atoms with Crippen molar-refractivity contribution in [1.82, 2.24) is 20.1 Å². The molecule has 1 fully saturated rings. The van der Waals surface area contributed by atoms with Gasteiger partial charge in [0.1, 0.15) is 12.4 Å². The minimum absolute atomic E-state index is 0.0483. The van der Waals surface area contributed by atoms with E-state index in [0.717, 1.165) is 18.5 Å². The Morgan fingerprint density at radius 3 is 2.70 bits per heavy atom. The van der Waals surface area contributed by atoms with Crippen molar-refractivity contribution in [3.8, 4) is 0 Å². The summed E-state index contributed by atoms with van der Waals surface area (Å²) in [4.78, 5) is 47.5. The number of carbonyl (C=O) groups is 3. The maximum Gasteiger partial charge on any atom is 0.410 e. The molecule has 2 N–H and O–H groups in total. The number of aromatic nitrogens is 1. The number of ether oxygens (including phenoxy) is 1. The van der Waals surface area contributed by atoms with E-state index in [1.807, 2.05) is 32.1 Å². The average molecular weight is 706 g/mol. The van der Waals surface area contributed by atoms with Gasteiger partial charge in [0.15, 0.2) is 5.17 Å². The summed E-state index contributed by atoms with van der Waals surface area (Å²) in [6.07, 6.45) is 18.2. The lowest BCUT2D eigenvalue weighted by atomic mass is 9.95. The topological polar surface area (TPSA) is 124 Å². The molecule has 1 saturated heterocycles. The van der Waals surface area contributed by atoms with Crippen LogP contribution < -0.4 is 5.32 Å². The van der Waals surface area contributed by atoms with Gasteiger partial charge in [-0.2, -0.15) is 0 Å². The molecule has 0 radical (unpaired) electrons. The lowest BCUT2D eigenvalue weighted by Crippen LogP contribution is -2.36. The van der Waals surface area contributed by atoms with Crippen LogP contribution in [-0.2, 0) is 20.9 Å². The van der Waals surface area contributed by atoms with Crippen LogP contribution in [0.1, 0.15) is 45.6 Å². The lowest BCUT2D eigenvalue weighted by molar-refractivity contribution is -0.127. The minimum atomic E-state index is -0.524. The van der Waals surface area contributed by atoms with Crippen molar-refractivity contribution in [2.75, 3.05) is 19.7 Å². The predicted octanol–water partition coefficient (Wildman–Crippen LogP) is 7.10. The molecule has 3 unspecified atom stereocenters. The van der Waals surface area contributed by atoms with Crippen molar-refractivity contribution in [2.24, 2.45) is 10.9 Å². The summed E-state index contributed by atoms with van der Waals surface area (Å²) in [6, 6.07) is 9.87. The highest BCUT2D eigenvalue weighted by molar-refractivity contribution is 8.15. The fraction of sp³-hybridized carbons (Fsp3) is 0.342. The second-order valence-electron chi connectivity index (χ2n) is 11.1. The Morgan fingerprint density at radius 1 is 1.30 bits per heavy atom. The van der Waals surface area contributed by atoms with Gasteiger partial charge < -0.3 is 20.1 Å². The molecular weight excluding hydrogens is 658 g/mol. The highest BCUT2D eigenvalue weighted by Crippen LogP contribution is 2.37. The molecule has 0 spiro atoms. The molecule has 1 aliphatic heterocycles. The summed E-state index contributed by atoms with van der Waals surface area (Å²) in [5, 5.41) is 12.1. The third-order valence-corrected chi connectivity index (χ3v) is 8.46. The molecule has 1 aromatic carbocycles. The first-order valence-electron chi connectivity index (χ1n) is 16.4. The van der Waals surface area contributed by atoms with Crippen LogP contribution in [0.3, 0.4) is 0 Å². The van der Waals surface area contributed by atoms with Gasteiger partial charge in [-0.3, -0.25) is 19.5 Å². The van der Waals surface area contributed by atoms with E-state index < -0.39 is 6.10 Å². The fourth-order valence-electron chi connectivity index (χ4n) is 4.69. The quantitative estimate of drug-likeness (QED) is 0.137. The summed E-state index contributed by atoms with van der Waals surface area (Å²) in [7, 11) is 0. The molecule has 2 aromatic rings. The van der Waals surface area contributed by atoms with Crippen LogP contribution in [0.2, 0.25) is 0 Å².